The standard InChI is InChI=1S/C31H38N6O6/c1-7-8-13-25-32-27(31(5,6)40)26(29(38)42-20(4)43-30(39)41-19(2)3)37(25)18-21-14-16-22(17-15-21)23-11-9-10-12-24(23)28-33-35-36-34-28/h9-12,14-17,19-20,40H,7-8,13,18H2,1-6H3,(H,33,34,35,36). The van der Waals surface area contributed by atoms with Gasteiger partial charge in [0.1, 0.15) is 17.1 Å². The van der Waals surface area contributed by atoms with Gasteiger partial charge in [0.2, 0.25) is 6.29 Å². The van der Waals surface area contributed by atoms with E-state index in [1.54, 1.807) is 32.3 Å². The van der Waals surface area contributed by atoms with Gasteiger partial charge in [-0.15, -0.1) is 5.10 Å². The van der Waals surface area contributed by atoms with E-state index in [1.807, 2.05) is 48.5 Å². The molecular formula is C31H38N6O6. The maximum atomic E-state index is 13.6. The lowest BCUT2D eigenvalue weighted by molar-refractivity contribution is -0.0874. The molecule has 0 spiro atoms. The molecule has 1 atom stereocenters. The largest absolute Gasteiger partial charge is 0.511 e. The van der Waals surface area contributed by atoms with Gasteiger partial charge in [-0.1, -0.05) is 61.9 Å². The number of benzene rings is 2. The number of rotatable bonds is 12. The Morgan fingerprint density at radius 2 is 1.70 bits per heavy atom. The fourth-order valence-corrected chi connectivity index (χ4v) is 4.60. The van der Waals surface area contributed by atoms with Crippen LogP contribution in [0.4, 0.5) is 4.79 Å². The van der Waals surface area contributed by atoms with Crippen LogP contribution in [-0.2, 0) is 32.8 Å². The zero-order valence-electron chi connectivity index (χ0n) is 25.3. The van der Waals surface area contributed by atoms with E-state index >= 15 is 0 Å². The molecule has 12 nitrogen and oxygen atoms in total. The highest BCUT2D eigenvalue weighted by molar-refractivity contribution is 5.89. The number of imidazole rings is 1. The first-order valence-corrected chi connectivity index (χ1v) is 14.3. The molecule has 4 aromatic rings. The van der Waals surface area contributed by atoms with Crippen LogP contribution in [0.3, 0.4) is 0 Å². The number of tetrazole rings is 1. The number of nitrogens with one attached hydrogen (secondary N) is 1. The van der Waals surface area contributed by atoms with E-state index in [9.17, 15) is 14.7 Å². The number of H-pyrrole nitrogens is 1. The monoisotopic (exact) mass is 590 g/mol. The quantitative estimate of drug-likeness (QED) is 0.162. The van der Waals surface area contributed by atoms with E-state index < -0.39 is 30.1 Å². The minimum atomic E-state index is -1.44. The second kappa shape index (κ2) is 13.6. The van der Waals surface area contributed by atoms with Crippen LogP contribution in [0.15, 0.2) is 48.5 Å². The van der Waals surface area contributed by atoms with E-state index in [0.29, 0.717) is 24.6 Å². The van der Waals surface area contributed by atoms with Gasteiger partial charge in [-0.25, -0.2) is 19.7 Å². The maximum Gasteiger partial charge on any atom is 0.511 e. The van der Waals surface area contributed by atoms with Crippen LogP contribution in [0.2, 0.25) is 0 Å². The zero-order chi connectivity index (χ0) is 31.1. The Morgan fingerprint density at radius 1 is 1.00 bits per heavy atom. The number of ether oxygens (including phenoxy) is 3. The number of aromatic amines is 1. The highest BCUT2D eigenvalue weighted by atomic mass is 16.8. The van der Waals surface area contributed by atoms with Gasteiger partial charge in [-0.2, -0.15) is 0 Å². The fraction of sp³-hybridized carbons (Fsp3) is 0.419. The summed E-state index contributed by atoms with van der Waals surface area (Å²) < 4.78 is 17.3. The van der Waals surface area contributed by atoms with Crippen LogP contribution >= 0.6 is 0 Å². The van der Waals surface area contributed by atoms with Gasteiger partial charge in [0.25, 0.3) is 0 Å². The summed E-state index contributed by atoms with van der Waals surface area (Å²) in [6.45, 7) is 10.3. The lowest BCUT2D eigenvalue weighted by Crippen LogP contribution is -2.28. The summed E-state index contributed by atoms with van der Waals surface area (Å²) in [7, 11) is 0. The van der Waals surface area contributed by atoms with Crippen LogP contribution in [0.25, 0.3) is 22.5 Å². The van der Waals surface area contributed by atoms with Crippen molar-refractivity contribution in [2.24, 2.45) is 0 Å². The molecule has 0 aliphatic carbocycles. The van der Waals surface area contributed by atoms with Crippen molar-refractivity contribution in [2.45, 2.75) is 85.3 Å². The number of hydrogen-bond acceptors (Lipinski definition) is 10. The highest BCUT2D eigenvalue weighted by Gasteiger charge is 2.33. The first-order valence-electron chi connectivity index (χ1n) is 14.3. The summed E-state index contributed by atoms with van der Waals surface area (Å²) in [5.74, 6) is 0.436. The molecule has 0 fully saturated rings. The molecule has 0 amide bonds. The molecule has 0 aliphatic heterocycles. The Kier molecular flexibility index (Phi) is 9.92. The number of aliphatic hydroxyl groups is 1. The normalized spacial score (nSPS) is 12.3. The smallest absolute Gasteiger partial charge is 0.431 e. The van der Waals surface area contributed by atoms with Crippen LogP contribution in [0.5, 0.6) is 0 Å². The van der Waals surface area contributed by atoms with E-state index in [-0.39, 0.29) is 11.4 Å². The number of nitrogens with zero attached hydrogens (tertiary/aromatic N) is 5. The van der Waals surface area contributed by atoms with Crippen LogP contribution in [0.1, 0.15) is 82.0 Å². The number of aryl methyl sites for hydroxylation is 1. The molecule has 2 heterocycles. The third kappa shape index (κ3) is 7.83. The first-order chi connectivity index (χ1) is 20.5. The van der Waals surface area contributed by atoms with Crippen molar-refractivity contribution in [3.63, 3.8) is 0 Å². The molecule has 228 valence electrons. The second-order valence-corrected chi connectivity index (χ2v) is 11.0. The predicted octanol–water partition coefficient (Wildman–Crippen LogP) is 5.41. The molecule has 0 bridgehead atoms. The molecule has 0 aliphatic rings. The number of unbranched alkanes of at least 4 members (excludes halogenated alkanes) is 1. The Morgan fingerprint density at radius 3 is 2.30 bits per heavy atom. The Balaban J connectivity index is 1.67. The number of hydrogen-bond donors (Lipinski definition) is 2. The SMILES string of the molecule is CCCCc1nc(C(C)(C)O)c(C(=O)OC(C)OC(=O)OC(C)C)n1Cc1ccc(-c2ccccc2-c2nnn[nH]2)cc1. The van der Waals surface area contributed by atoms with E-state index in [4.69, 9.17) is 19.2 Å². The summed E-state index contributed by atoms with van der Waals surface area (Å²) in [4.78, 5) is 30.2. The van der Waals surface area contributed by atoms with Gasteiger partial charge in [-0.05, 0) is 61.2 Å². The molecule has 2 aromatic carbocycles. The van der Waals surface area contributed by atoms with Gasteiger partial charge in [-0.3, -0.25) is 0 Å². The molecule has 0 saturated carbocycles. The lowest BCUT2D eigenvalue weighted by atomic mass is 9.98. The molecule has 0 saturated heterocycles. The van der Waals surface area contributed by atoms with Crippen molar-refractivity contribution in [3.8, 4) is 22.5 Å². The second-order valence-electron chi connectivity index (χ2n) is 11.0. The highest BCUT2D eigenvalue weighted by Crippen LogP contribution is 2.31. The Labute approximate surface area is 250 Å². The van der Waals surface area contributed by atoms with Crippen LogP contribution in [0, 0.1) is 0 Å². The van der Waals surface area contributed by atoms with Crippen molar-refractivity contribution >= 4 is 12.1 Å². The van der Waals surface area contributed by atoms with E-state index in [1.165, 1.54) is 6.92 Å². The third-order valence-electron chi connectivity index (χ3n) is 6.57. The minimum Gasteiger partial charge on any atom is -0.431 e. The Hall–Kier alpha value is -4.58. The Bertz CT molecular complexity index is 1520. The van der Waals surface area contributed by atoms with Crippen molar-refractivity contribution in [1.82, 2.24) is 30.2 Å². The molecule has 43 heavy (non-hydrogen) atoms. The predicted molar refractivity (Wildman–Crippen MR) is 158 cm³/mol. The van der Waals surface area contributed by atoms with Gasteiger partial charge in [0.05, 0.1) is 6.10 Å². The maximum absolute atomic E-state index is 13.6. The van der Waals surface area contributed by atoms with Crippen molar-refractivity contribution in [2.75, 3.05) is 0 Å². The molecule has 0 radical (unpaired) electrons. The summed E-state index contributed by atoms with van der Waals surface area (Å²) in [5, 5.41) is 25.2. The average molecular weight is 591 g/mol. The first kappa shape index (κ1) is 31.4. The minimum absolute atomic E-state index is 0.0959. The molecule has 1 unspecified atom stereocenters. The molecule has 12 heteroatoms. The number of carbonyl (C=O) groups is 2. The average Bonchev–Trinajstić information content (AvgIpc) is 3.60. The molecule has 2 N–H and O–H groups in total. The van der Waals surface area contributed by atoms with Crippen LogP contribution in [-0.4, -0.2) is 59.8 Å². The molecule has 2 aromatic heterocycles. The number of esters is 1. The zero-order valence-corrected chi connectivity index (χ0v) is 25.3. The number of carbonyl (C=O) groups excluding carboxylic acids is 2. The summed E-state index contributed by atoms with van der Waals surface area (Å²) in [5.41, 5.74) is 2.53. The van der Waals surface area contributed by atoms with Gasteiger partial charge in [0, 0.05) is 25.5 Å². The van der Waals surface area contributed by atoms with Crippen molar-refractivity contribution in [3.05, 3.63) is 71.3 Å². The summed E-state index contributed by atoms with van der Waals surface area (Å²) in [6, 6.07) is 15.7. The van der Waals surface area contributed by atoms with Crippen LogP contribution < -0.4 is 0 Å². The lowest BCUT2D eigenvalue weighted by Gasteiger charge is -2.20. The topological polar surface area (TPSA) is 154 Å². The number of aromatic nitrogens is 6. The van der Waals surface area contributed by atoms with Crippen molar-refractivity contribution in [1.29, 1.82) is 0 Å². The van der Waals surface area contributed by atoms with Gasteiger partial charge in [0.15, 0.2) is 11.5 Å². The fourth-order valence-electron chi connectivity index (χ4n) is 4.60. The molecule has 4 rings (SSSR count). The van der Waals surface area contributed by atoms with Gasteiger partial charge < -0.3 is 23.9 Å². The summed E-state index contributed by atoms with van der Waals surface area (Å²) >= 11 is 0. The van der Waals surface area contributed by atoms with Gasteiger partial charge >= 0.3 is 12.1 Å². The third-order valence-corrected chi connectivity index (χ3v) is 6.57. The van der Waals surface area contributed by atoms with E-state index in [0.717, 1.165) is 35.1 Å². The molecular weight excluding hydrogens is 552 g/mol. The van der Waals surface area contributed by atoms with Crippen molar-refractivity contribution < 1.29 is 28.9 Å². The summed E-state index contributed by atoms with van der Waals surface area (Å²) in [6.07, 6.45) is -0.216. The van der Waals surface area contributed by atoms with E-state index in [2.05, 4.69) is 27.5 Å².